The topological polar surface area (TPSA) is 94.0 Å². The maximum atomic E-state index is 5.58. The molecule has 0 fully saturated rings. The highest BCUT2D eigenvalue weighted by atomic mass is 16.5. The highest BCUT2D eigenvalue weighted by Crippen LogP contribution is 2.24. The van der Waals surface area contributed by atoms with E-state index in [1.807, 2.05) is 49.2 Å². The molecule has 0 aliphatic heterocycles. The number of rotatable bonds is 5. The first kappa shape index (κ1) is 15.3. The van der Waals surface area contributed by atoms with Crippen molar-refractivity contribution in [2.45, 2.75) is 19.9 Å². The molecule has 0 spiro atoms. The van der Waals surface area contributed by atoms with Gasteiger partial charge in [-0.1, -0.05) is 42.4 Å². The fourth-order valence-electron chi connectivity index (χ4n) is 2.52. The molecule has 0 atom stereocenters. The first-order chi connectivity index (χ1) is 12.2. The molecular weight excluding hydrogens is 320 g/mol. The quantitative estimate of drug-likeness (QED) is 0.549. The van der Waals surface area contributed by atoms with Crippen LogP contribution in [0.25, 0.3) is 22.6 Å². The van der Waals surface area contributed by atoms with Crippen molar-refractivity contribution >= 4 is 17.0 Å². The van der Waals surface area contributed by atoms with Gasteiger partial charge in [-0.05, 0) is 0 Å². The Morgan fingerprint density at radius 2 is 1.88 bits per heavy atom. The van der Waals surface area contributed by atoms with Crippen LogP contribution >= 0.6 is 0 Å². The summed E-state index contributed by atoms with van der Waals surface area (Å²) in [7, 11) is 1.88. The summed E-state index contributed by atoms with van der Waals surface area (Å²) in [5, 5.41) is 4.03. The number of hydrogen-bond donors (Lipinski definition) is 0. The van der Waals surface area contributed by atoms with Crippen molar-refractivity contribution in [2.24, 2.45) is 0 Å². The van der Waals surface area contributed by atoms with E-state index in [2.05, 4.69) is 25.1 Å². The zero-order valence-electron chi connectivity index (χ0n) is 13.9. The summed E-state index contributed by atoms with van der Waals surface area (Å²) in [5.41, 5.74) is 2.02. The van der Waals surface area contributed by atoms with Crippen molar-refractivity contribution in [1.29, 1.82) is 0 Å². The van der Waals surface area contributed by atoms with E-state index in [0.29, 0.717) is 47.6 Å². The third-order valence-electron chi connectivity index (χ3n) is 3.76. The van der Waals surface area contributed by atoms with Gasteiger partial charge in [0, 0.05) is 19.0 Å². The molecule has 0 bridgehead atoms. The van der Waals surface area contributed by atoms with Gasteiger partial charge in [-0.3, -0.25) is 0 Å². The number of aromatic nitrogens is 5. The van der Waals surface area contributed by atoms with Crippen molar-refractivity contribution in [3.05, 3.63) is 48.4 Å². The second-order valence-electron chi connectivity index (χ2n) is 5.55. The SMILES string of the molecule is CCc1nc2c(N(C)Cc3nc(-c4ccccc4)no3)ncnc2o1. The van der Waals surface area contributed by atoms with Crippen LogP contribution in [0.4, 0.5) is 5.82 Å². The largest absolute Gasteiger partial charge is 0.422 e. The van der Waals surface area contributed by atoms with Crippen molar-refractivity contribution in [2.75, 3.05) is 11.9 Å². The van der Waals surface area contributed by atoms with E-state index < -0.39 is 0 Å². The minimum Gasteiger partial charge on any atom is -0.422 e. The van der Waals surface area contributed by atoms with Crippen LogP contribution in [0.5, 0.6) is 0 Å². The molecule has 8 nitrogen and oxygen atoms in total. The van der Waals surface area contributed by atoms with E-state index >= 15 is 0 Å². The minimum absolute atomic E-state index is 0.403. The van der Waals surface area contributed by atoms with Crippen LogP contribution < -0.4 is 4.90 Å². The third-order valence-corrected chi connectivity index (χ3v) is 3.76. The van der Waals surface area contributed by atoms with Crippen LogP contribution in [0.15, 0.2) is 45.6 Å². The number of oxazole rings is 1. The monoisotopic (exact) mass is 336 g/mol. The molecule has 126 valence electrons. The van der Waals surface area contributed by atoms with Gasteiger partial charge in [0.15, 0.2) is 17.2 Å². The normalized spacial score (nSPS) is 11.1. The molecule has 3 heterocycles. The second kappa shape index (κ2) is 6.31. The number of benzene rings is 1. The summed E-state index contributed by atoms with van der Waals surface area (Å²) >= 11 is 0. The van der Waals surface area contributed by atoms with Gasteiger partial charge in [0.2, 0.25) is 11.7 Å². The Hall–Kier alpha value is -3.29. The zero-order valence-corrected chi connectivity index (χ0v) is 13.9. The number of aryl methyl sites for hydroxylation is 1. The summed E-state index contributed by atoms with van der Waals surface area (Å²) in [6.45, 7) is 2.38. The Morgan fingerprint density at radius 1 is 1.04 bits per heavy atom. The number of nitrogens with zero attached hydrogens (tertiary/aromatic N) is 6. The highest BCUT2D eigenvalue weighted by molar-refractivity contribution is 5.81. The molecule has 1 aromatic carbocycles. The lowest BCUT2D eigenvalue weighted by atomic mass is 10.2. The van der Waals surface area contributed by atoms with Crippen molar-refractivity contribution in [3.63, 3.8) is 0 Å². The standard InChI is InChI=1S/C17H16N6O2/c1-3-12-20-14-16(18-10-19-17(14)24-12)23(2)9-13-21-15(22-25-13)11-7-5-4-6-8-11/h4-8,10H,3,9H2,1-2H3. The van der Waals surface area contributed by atoms with E-state index in [-0.39, 0.29) is 0 Å². The first-order valence-electron chi connectivity index (χ1n) is 7.94. The van der Waals surface area contributed by atoms with Crippen LogP contribution in [0.2, 0.25) is 0 Å². The Bertz CT molecular complexity index is 995. The second-order valence-corrected chi connectivity index (χ2v) is 5.55. The molecule has 0 aliphatic rings. The van der Waals surface area contributed by atoms with Crippen molar-refractivity contribution < 1.29 is 8.94 Å². The van der Waals surface area contributed by atoms with Gasteiger partial charge < -0.3 is 13.8 Å². The lowest BCUT2D eigenvalue weighted by Gasteiger charge is -2.14. The van der Waals surface area contributed by atoms with Crippen LogP contribution in [-0.4, -0.2) is 32.1 Å². The van der Waals surface area contributed by atoms with Crippen LogP contribution in [-0.2, 0) is 13.0 Å². The van der Waals surface area contributed by atoms with Crippen LogP contribution in [0.1, 0.15) is 18.7 Å². The Balaban J connectivity index is 1.59. The minimum atomic E-state index is 0.403. The fourth-order valence-corrected chi connectivity index (χ4v) is 2.52. The smallest absolute Gasteiger partial charge is 0.252 e. The maximum Gasteiger partial charge on any atom is 0.252 e. The van der Waals surface area contributed by atoms with Gasteiger partial charge in [-0.25, -0.2) is 9.97 Å². The molecular formula is C17H16N6O2. The molecule has 8 heteroatoms. The maximum absolute atomic E-state index is 5.58. The van der Waals surface area contributed by atoms with Gasteiger partial charge in [0.05, 0.1) is 6.54 Å². The average molecular weight is 336 g/mol. The Morgan fingerprint density at radius 3 is 2.68 bits per heavy atom. The lowest BCUT2D eigenvalue weighted by Crippen LogP contribution is -2.18. The first-order valence-corrected chi connectivity index (χ1v) is 7.94. The summed E-state index contributed by atoms with van der Waals surface area (Å²) in [4.78, 5) is 19.2. The van der Waals surface area contributed by atoms with Gasteiger partial charge in [0.1, 0.15) is 6.33 Å². The van der Waals surface area contributed by atoms with E-state index in [1.165, 1.54) is 6.33 Å². The van der Waals surface area contributed by atoms with Crippen LogP contribution in [0, 0.1) is 0 Å². The molecule has 0 unspecified atom stereocenters. The third kappa shape index (κ3) is 2.93. The van der Waals surface area contributed by atoms with E-state index in [0.717, 1.165) is 5.56 Å². The lowest BCUT2D eigenvalue weighted by molar-refractivity contribution is 0.378. The van der Waals surface area contributed by atoms with Crippen molar-refractivity contribution in [3.8, 4) is 11.4 Å². The molecule has 4 rings (SSSR count). The Kier molecular flexibility index (Phi) is 3.85. The molecule has 0 saturated heterocycles. The molecule has 4 aromatic rings. The zero-order chi connectivity index (χ0) is 17.2. The average Bonchev–Trinajstić information content (AvgIpc) is 3.28. The summed E-state index contributed by atoms with van der Waals surface area (Å²) in [5.74, 6) is 2.35. The number of hydrogen-bond acceptors (Lipinski definition) is 8. The molecule has 25 heavy (non-hydrogen) atoms. The molecule has 0 amide bonds. The molecule has 3 aromatic heterocycles. The van der Waals surface area contributed by atoms with Crippen LogP contribution in [0.3, 0.4) is 0 Å². The highest BCUT2D eigenvalue weighted by Gasteiger charge is 2.17. The predicted octanol–water partition coefficient (Wildman–Crippen LogP) is 2.87. The Labute approximate surface area is 143 Å². The molecule has 0 saturated carbocycles. The number of fused-ring (bicyclic) bond motifs is 1. The summed E-state index contributed by atoms with van der Waals surface area (Å²) < 4.78 is 10.9. The fraction of sp³-hybridized carbons (Fsp3) is 0.235. The van der Waals surface area contributed by atoms with E-state index in [4.69, 9.17) is 8.94 Å². The van der Waals surface area contributed by atoms with Crippen molar-refractivity contribution in [1.82, 2.24) is 25.1 Å². The molecule has 0 radical (unpaired) electrons. The number of anilines is 1. The van der Waals surface area contributed by atoms with E-state index in [1.54, 1.807) is 0 Å². The van der Waals surface area contributed by atoms with Gasteiger partial charge >= 0.3 is 0 Å². The summed E-state index contributed by atoms with van der Waals surface area (Å²) in [6.07, 6.45) is 2.16. The van der Waals surface area contributed by atoms with Gasteiger partial charge in [0.25, 0.3) is 5.71 Å². The van der Waals surface area contributed by atoms with Gasteiger partial charge in [-0.2, -0.15) is 9.97 Å². The molecule has 0 aliphatic carbocycles. The summed E-state index contributed by atoms with van der Waals surface area (Å²) in [6, 6.07) is 9.69. The van der Waals surface area contributed by atoms with E-state index in [9.17, 15) is 0 Å². The predicted molar refractivity (Wildman–Crippen MR) is 90.8 cm³/mol. The molecule has 0 N–H and O–H groups in total. The van der Waals surface area contributed by atoms with Gasteiger partial charge in [-0.15, -0.1) is 0 Å².